The number of rotatable bonds is 10. The van der Waals surface area contributed by atoms with Crippen molar-refractivity contribution in [1.82, 2.24) is 0 Å². The van der Waals surface area contributed by atoms with Crippen LogP contribution in [0.1, 0.15) is 25.3 Å². The van der Waals surface area contributed by atoms with Crippen LogP contribution in [0.5, 0.6) is 17.2 Å². The molecule has 9 heteroatoms. The molecule has 0 bridgehead atoms. The lowest BCUT2D eigenvalue weighted by Crippen LogP contribution is -2.08. The normalized spacial score (nSPS) is 10.5. The van der Waals surface area contributed by atoms with Crippen LogP contribution >= 0.6 is 11.6 Å². The molecule has 0 amide bonds. The minimum atomic E-state index is -1.07. The van der Waals surface area contributed by atoms with Crippen LogP contribution < -0.4 is 19.9 Å². The summed E-state index contributed by atoms with van der Waals surface area (Å²) in [7, 11) is 1.34. The predicted molar refractivity (Wildman–Crippen MR) is 104 cm³/mol. The number of anilines is 1. The van der Waals surface area contributed by atoms with E-state index >= 15 is 0 Å². The molecular formula is C20H22ClF2NO5. The molecule has 0 spiro atoms. The third-order valence-corrected chi connectivity index (χ3v) is 4.22. The first-order valence-corrected chi connectivity index (χ1v) is 9.26. The van der Waals surface area contributed by atoms with Crippen LogP contribution in [0.25, 0.3) is 0 Å². The molecular weight excluding hydrogens is 408 g/mol. The summed E-state index contributed by atoms with van der Waals surface area (Å²) in [5, 5.41) is 0.243. The minimum absolute atomic E-state index is 0.0886. The van der Waals surface area contributed by atoms with Crippen LogP contribution in [0.4, 0.5) is 14.5 Å². The van der Waals surface area contributed by atoms with Crippen molar-refractivity contribution in [1.29, 1.82) is 0 Å². The van der Waals surface area contributed by atoms with Gasteiger partial charge in [-0.25, -0.2) is 8.78 Å². The number of carbonyl (C=O) groups is 1. The standard InChI is InChI=1S/C20H22ClF2NO5/c1-3-27-19(25)5-4-8-28-17-9-13(21)15(24)10-18(17)29-11-12-16(26-2)7-6-14(22)20(12)23/h6-7,9-10H,3-5,8,11,24H2,1-2H3. The van der Waals surface area contributed by atoms with Gasteiger partial charge in [-0.15, -0.1) is 0 Å². The molecule has 2 N–H and O–H groups in total. The second kappa shape index (κ2) is 10.7. The smallest absolute Gasteiger partial charge is 0.305 e. The quantitative estimate of drug-likeness (QED) is 0.340. The van der Waals surface area contributed by atoms with Crippen LogP contribution in [0, 0.1) is 11.6 Å². The second-order valence-corrected chi connectivity index (χ2v) is 6.32. The molecule has 0 aromatic heterocycles. The molecule has 0 unspecified atom stereocenters. The van der Waals surface area contributed by atoms with Gasteiger partial charge in [0.05, 0.1) is 36.6 Å². The highest BCUT2D eigenvalue weighted by molar-refractivity contribution is 6.33. The van der Waals surface area contributed by atoms with Crippen LogP contribution in [0.2, 0.25) is 5.02 Å². The number of halogens is 3. The van der Waals surface area contributed by atoms with Gasteiger partial charge in [0.25, 0.3) is 0 Å². The summed E-state index contributed by atoms with van der Waals surface area (Å²) in [4.78, 5) is 11.4. The van der Waals surface area contributed by atoms with Crippen molar-refractivity contribution in [2.45, 2.75) is 26.4 Å². The Hall–Kier alpha value is -2.74. The van der Waals surface area contributed by atoms with E-state index in [4.69, 9.17) is 36.3 Å². The van der Waals surface area contributed by atoms with Crippen LogP contribution in [0.3, 0.4) is 0 Å². The fourth-order valence-corrected chi connectivity index (χ4v) is 2.61. The molecule has 0 aliphatic carbocycles. The second-order valence-electron chi connectivity index (χ2n) is 5.91. The summed E-state index contributed by atoms with van der Waals surface area (Å²) in [6.07, 6.45) is 0.602. The Balaban J connectivity index is 2.11. The number of carbonyl (C=O) groups excluding carboxylic acids is 1. The summed E-state index contributed by atoms with van der Waals surface area (Å²) >= 11 is 6.04. The molecule has 0 fully saturated rings. The van der Waals surface area contributed by atoms with Crippen molar-refractivity contribution in [2.24, 2.45) is 0 Å². The van der Waals surface area contributed by atoms with Crippen molar-refractivity contribution in [3.63, 3.8) is 0 Å². The largest absolute Gasteiger partial charge is 0.496 e. The van der Waals surface area contributed by atoms with Crippen molar-refractivity contribution in [3.8, 4) is 17.2 Å². The summed E-state index contributed by atoms with van der Waals surface area (Å²) in [6.45, 7) is 1.90. The highest BCUT2D eigenvalue weighted by atomic mass is 35.5. The van der Waals surface area contributed by atoms with E-state index in [1.165, 1.54) is 25.3 Å². The molecule has 0 saturated carbocycles. The molecule has 0 radical (unpaired) electrons. The van der Waals surface area contributed by atoms with Gasteiger partial charge in [0.15, 0.2) is 23.1 Å². The Morgan fingerprint density at radius 2 is 1.86 bits per heavy atom. The summed E-state index contributed by atoms with van der Waals surface area (Å²) < 4.78 is 48.8. The Bertz CT molecular complexity index is 863. The number of hydrogen-bond acceptors (Lipinski definition) is 6. The van der Waals surface area contributed by atoms with Gasteiger partial charge in [-0.1, -0.05) is 11.6 Å². The number of nitrogens with two attached hydrogens (primary N) is 1. The van der Waals surface area contributed by atoms with Gasteiger partial charge in [-0.3, -0.25) is 4.79 Å². The van der Waals surface area contributed by atoms with E-state index in [9.17, 15) is 13.6 Å². The van der Waals surface area contributed by atoms with E-state index in [1.54, 1.807) is 6.92 Å². The van der Waals surface area contributed by atoms with E-state index in [2.05, 4.69) is 0 Å². The predicted octanol–water partition coefficient (Wildman–Crippen LogP) is 4.51. The van der Waals surface area contributed by atoms with Gasteiger partial charge >= 0.3 is 5.97 Å². The van der Waals surface area contributed by atoms with Gasteiger partial charge in [-0.05, 0) is 25.5 Å². The molecule has 2 aromatic carbocycles. The fourth-order valence-electron chi connectivity index (χ4n) is 2.46. The number of nitrogen functional groups attached to an aromatic ring is 1. The highest BCUT2D eigenvalue weighted by Crippen LogP contribution is 2.36. The van der Waals surface area contributed by atoms with Gasteiger partial charge in [-0.2, -0.15) is 0 Å². The molecule has 2 aromatic rings. The number of benzene rings is 2. The van der Waals surface area contributed by atoms with Gasteiger partial charge < -0.3 is 24.7 Å². The van der Waals surface area contributed by atoms with Crippen molar-refractivity contribution in [3.05, 3.63) is 46.5 Å². The maximum atomic E-state index is 14.1. The zero-order valence-electron chi connectivity index (χ0n) is 16.1. The maximum absolute atomic E-state index is 14.1. The topological polar surface area (TPSA) is 80.0 Å². The molecule has 0 atom stereocenters. The van der Waals surface area contributed by atoms with Crippen LogP contribution in [0.15, 0.2) is 24.3 Å². The molecule has 0 heterocycles. The van der Waals surface area contributed by atoms with E-state index in [1.807, 2.05) is 0 Å². The molecule has 6 nitrogen and oxygen atoms in total. The third kappa shape index (κ3) is 6.12. The lowest BCUT2D eigenvalue weighted by atomic mass is 10.2. The van der Waals surface area contributed by atoms with Crippen LogP contribution in [-0.2, 0) is 16.1 Å². The summed E-state index contributed by atoms with van der Waals surface area (Å²) in [5.41, 5.74) is 5.95. The first-order chi connectivity index (χ1) is 13.9. The zero-order valence-corrected chi connectivity index (χ0v) is 16.9. The first kappa shape index (κ1) is 22.5. The Kier molecular flexibility index (Phi) is 8.33. The number of hydrogen-bond donors (Lipinski definition) is 1. The van der Waals surface area contributed by atoms with E-state index in [-0.39, 0.29) is 59.1 Å². The summed E-state index contributed by atoms with van der Waals surface area (Å²) in [5.74, 6) is -1.82. The minimum Gasteiger partial charge on any atom is -0.496 e. The van der Waals surface area contributed by atoms with E-state index in [0.717, 1.165) is 6.07 Å². The van der Waals surface area contributed by atoms with E-state index in [0.29, 0.717) is 13.0 Å². The Morgan fingerprint density at radius 3 is 2.55 bits per heavy atom. The number of methoxy groups -OCH3 is 1. The molecule has 158 valence electrons. The molecule has 0 saturated heterocycles. The lowest BCUT2D eigenvalue weighted by Gasteiger charge is -2.16. The highest BCUT2D eigenvalue weighted by Gasteiger charge is 2.17. The average Bonchev–Trinajstić information content (AvgIpc) is 2.69. The Labute approximate surface area is 172 Å². The monoisotopic (exact) mass is 429 g/mol. The number of ether oxygens (including phenoxy) is 4. The van der Waals surface area contributed by atoms with E-state index < -0.39 is 11.6 Å². The van der Waals surface area contributed by atoms with Gasteiger partial charge in [0.1, 0.15) is 12.4 Å². The van der Waals surface area contributed by atoms with Gasteiger partial charge in [0.2, 0.25) is 0 Å². The third-order valence-electron chi connectivity index (χ3n) is 3.90. The van der Waals surface area contributed by atoms with Crippen molar-refractivity contribution in [2.75, 3.05) is 26.1 Å². The number of esters is 1. The fraction of sp³-hybridized carbons (Fsp3) is 0.350. The van der Waals surface area contributed by atoms with Crippen molar-refractivity contribution >= 4 is 23.3 Å². The van der Waals surface area contributed by atoms with Gasteiger partial charge in [0, 0.05) is 18.6 Å². The lowest BCUT2D eigenvalue weighted by molar-refractivity contribution is -0.143. The molecule has 2 rings (SSSR count). The zero-order chi connectivity index (χ0) is 21.4. The summed E-state index contributed by atoms with van der Waals surface area (Å²) in [6, 6.07) is 5.15. The Morgan fingerprint density at radius 1 is 1.14 bits per heavy atom. The molecule has 0 aliphatic rings. The molecule has 0 aliphatic heterocycles. The first-order valence-electron chi connectivity index (χ1n) is 8.88. The SMILES string of the molecule is CCOC(=O)CCCOc1cc(Cl)c(N)cc1OCc1c(OC)ccc(F)c1F. The van der Waals surface area contributed by atoms with Crippen molar-refractivity contribution < 1.29 is 32.5 Å². The van der Waals surface area contributed by atoms with Crippen LogP contribution in [-0.4, -0.2) is 26.3 Å². The molecule has 29 heavy (non-hydrogen) atoms. The average molecular weight is 430 g/mol. The maximum Gasteiger partial charge on any atom is 0.305 e.